The van der Waals surface area contributed by atoms with Crippen LogP contribution in [0.15, 0.2) is 182 Å². The predicted molar refractivity (Wildman–Crippen MR) is 245 cm³/mol. The third-order valence-electron chi connectivity index (χ3n) is 13.5. The molecular weight excluding hydrogens is 685 g/mol. The van der Waals surface area contributed by atoms with Gasteiger partial charge in [-0.1, -0.05) is 184 Å². The Kier molecular flexibility index (Phi) is 6.06. The molecule has 0 nitrogen and oxygen atoms in total. The van der Waals surface area contributed by atoms with E-state index in [1.54, 1.807) is 0 Å². The van der Waals surface area contributed by atoms with Gasteiger partial charge in [0.15, 0.2) is 0 Å². The third-order valence-corrected chi connectivity index (χ3v) is 13.5. The lowest BCUT2D eigenvalue weighted by atomic mass is 9.81. The Labute approximate surface area is 330 Å². The van der Waals surface area contributed by atoms with Gasteiger partial charge in [0, 0.05) is 5.41 Å². The fourth-order valence-electron chi connectivity index (χ4n) is 11.1. The lowest BCUT2D eigenvalue weighted by Gasteiger charge is -2.22. The average Bonchev–Trinajstić information content (AvgIpc) is 3.85. The molecule has 0 aromatic heterocycles. The second kappa shape index (κ2) is 11.1. The standard InChI is InChI=1S/C57H36/c1-57(2)48-26-12-11-21-39(48)40-28-27-35(31-49(40)57)36-29-30-45-52-41(36)22-13-25-44(52)55-50(33-15-5-3-6-16-33)47-32-46-38-20-10-9-19-37(38)42-23-14-24-43(53(42)46)54(47)51(56(45)55)34-17-7-4-8-18-34/h3-32H,1-2H3. The van der Waals surface area contributed by atoms with E-state index in [1.165, 1.54) is 131 Å². The summed E-state index contributed by atoms with van der Waals surface area (Å²) < 4.78 is 0. The van der Waals surface area contributed by atoms with Gasteiger partial charge < -0.3 is 0 Å². The van der Waals surface area contributed by atoms with E-state index in [-0.39, 0.29) is 5.41 Å². The molecule has 0 spiro atoms. The normalized spacial score (nSPS) is 13.6. The molecule has 0 amide bonds. The Hall–Kier alpha value is -7.02. The largest absolute Gasteiger partial charge is 0.0622 e. The van der Waals surface area contributed by atoms with Gasteiger partial charge in [0.1, 0.15) is 0 Å². The number of rotatable bonds is 3. The van der Waals surface area contributed by atoms with E-state index in [0.717, 1.165) is 0 Å². The predicted octanol–water partition coefficient (Wildman–Crippen LogP) is 15.9. The monoisotopic (exact) mass is 720 g/mol. The summed E-state index contributed by atoms with van der Waals surface area (Å²) in [6.45, 7) is 4.75. The van der Waals surface area contributed by atoms with E-state index in [2.05, 4.69) is 196 Å². The van der Waals surface area contributed by atoms with Gasteiger partial charge in [0.05, 0.1) is 0 Å². The average molecular weight is 721 g/mol. The van der Waals surface area contributed by atoms with E-state index in [0.29, 0.717) is 0 Å². The quantitative estimate of drug-likeness (QED) is 0.159. The molecule has 57 heavy (non-hydrogen) atoms. The summed E-state index contributed by atoms with van der Waals surface area (Å²) in [5.41, 5.74) is 13.2. The number of hydrogen-bond donors (Lipinski definition) is 0. The Morgan fingerprint density at radius 2 is 0.789 bits per heavy atom. The van der Waals surface area contributed by atoms with Gasteiger partial charge in [0.2, 0.25) is 0 Å². The highest BCUT2D eigenvalue weighted by Crippen LogP contribution is 2.56. The maximum absolute atomic E-state index is 2.53. The van der Waals surface area contributed by atoms with Crippen molar-refractivity contribution >= 4 is 75.4 Å². The van der Waals surface area contributed by atoms with E-state index < -0.39 is 0 Å². The molecule has 0 atom stereocenters. The van der Waals surface area contributed by atoms with Crippen molar-refractivity contribution in [2.75, 3.05) is 0 Å². The maximum atomic E-state index is 2.53. The summed E-state index contributed by atoms with van der Waals surface area (Å²) in [5, 5.41) is 18.6. The van der Waals surface area contributed by atoms with Crippen molar-refractivity contribution in [3.8, 4) is 44.5 Å². The molecule has 0 aliphatic heterocycles. The highest BCUT2D eigenvalue weighted by atomic mass is 14.4. The van der Waals surface area contributed by atoms with E-state index in [4.69, 9.17) is 0 Å². The molecule has 0 unspecified atom stereocenters. The maximum Gasteiger partial charge on any atom is 0.0159 e. The van der Waals surface area contributed by atoms with Gasteiger partial charge in [-0.05, 0) is 143 Å². The molecule has 12 aromatic rings. The van der Waals surface area contributed by atoms with Gasteiger partial charge in [0.25, 0.3) is 0 Å². The van der Waals surface area contributed by atoms with Crippen LogP contribution in [0.5, 0.6) is 0 Å². The van der Waals surface area contributed by atoms with Crippen LogP contribution in [-0.4, -0.2) is 0 Å². The number of hydrogen-bond acceptors (Lipinski definition) is 0. The molecular formula is C57H36. The summed E-state index contributed by atoms with van der Waals surface area (Å²) in [6.07, 6.45) is 0. The van der Waals surface area contributed by atoms with Crippen molar-refractivity contribution in [3.63, 3.8) is 0 Å². The van der Waals surface area contributed by atoms with Gasteiger partial charge in [-0.3, -0.25) is 0 Å². The lowest BCUT2D eigenvalue weighted by Crippen LogP contribution is -2.14. The minimum Gasteiger partial charge on any atom is -0.0622 e. The molecule has 0 heterocycles. The fraction of sp³-hybridized carbons (Fsp3) is 0.0526. The van der Waals surface area contributed by atoms with Crippen LogP contribution >= 0.6 is 0 Å². The zero-order chi connectivity index (χ0) is 37.6. The Balaban J connectivity index is 1.22. The van der Waals surface area contributed by atoms with Gasteiger partial charge in [-0.2, -0.15) is 0 Å². The van der Waals surface area contributed by atoms with Gasteiger partial charge in [-0.15, -0.1) is 0 Å². The van der Waals surface area contributed by atoms with Crippen LogP contribution in [0.2, 0.25) is 0 Å². The van der Waals surface area contributed by atoms with Crippen LogP contribution in [-0.2, 0) is 5.41 Å². The van der Waals surface area contributed by atoms with Crippen molar-refractivity contribution < 1.29 is 0 Å². The molecule has 13 rings (SSSR count). The SMILES string of the molecule is CC1(C)c2ccccc2-c2ccc(-c3ccc4c5c(-c6ccccc6)c6c(cc7c8ccccc8c8cccc6c87)c(-c6ccccc6)c5c5cccc3c54)cc21. The molecule has 0 N–H and O–H groups in total. The molecule has 12 aromatic carbocycles. The van der Waals surface area contributed by atoms with Gasteiger partial charge >= 0.3 is 0 Å². The first-order chi connectivity index (χ1) is 28.1. The van der Waals surface area contributed by atoms with Crippen molar-refractivity contribution in [1.82, 2.24) is 0 Å². The van der Waals surface area contributed by atoms with Crippen molar-refractivity contribution in [2.45, 2.75) is 19.3 Å². The Bertz CT molecular complexity index is 3620. The molecule has 0 radical (unpaired) electrons. The summed E-state index contributed by atoms with van der Waals surface area (Å²) in [5.74, 6) is 0. The molecule has 0 saturated heterocycles. The van der Waals surface area contributed by atoms with E-state index in [9.17, 15) is 0 Å². The third kappa shape index (κ3) is 3.97. The Morgan fingerprint density at radius 1 is 0.263 bits per heavy atom. The van der Waals surface area contributed by atoms with Crippen LogP contribution in [0.4, 0.5) is 0 Å². The highest BCUT2D eigenvalue weighted by Gasteiger charge is 2.35. The smallest absolute Gasteiger partial charge is 0.0159 e. The zero-order valence-electron chi connectivity index (χ0n) is 31.8. The van der Waals surface area contributed by atoms with E-state index in [1.807, 2.05) is 0 Å². The molecule has 1 aliphatic rings. The molecule has 1 aliphatic carbocycles. The van der Waals surface area contributed by atoms with Crippen LogP contribution < -0.4 is 0 Å². The molecule has 0 fully saturated rings. The molecule has 0 bridgehead atoms. The first kappa shape index (κ1) is 31.2. The summed E-state index contributed by atoms with van der Waals surface area (Å²) in [4.78, 5) is 0. The summed E-state index contributed by atoms with van der Waals surface area (Å²) in [7, 11) is 0. The first-order valence-electron chi connectivity index (χ1n) is 20.2. The minimum atomic E-state index is -0.0626. The highest BCUT2D eigenvalue weighted by molar-refractivity contribution is 6.45. The molecule has 0 heteroatoms. The number of fused-ring (bicyclic) bond motifs is 11. The zero-order valence-corrected chi connectivity index (χ0v) is 31.8. The van der Waals surface area contributed by atoms with Crippen LogP contribution in [0.1, 0.15) is 25.0 Å². The number of benzene rings is 10. The van der Waals surface area contributed by atoms with Crippen molar-refractivity contribution in [2.24, 2.45) is 0 Å². The van der Waals surface area contributed by atoms with Crippen molar-refractivity contribution in [1.29, 1.82) is 0 Å². The second-order valence-electron chi connectivity index (χ2n) is 16.7. The van der Waals surface area contributed by atoms with Crippen LogP contribution in [0.25, 0.3) is 120 Å². The van der Waals surface area contributed by atoms with Crippen LogP contribution in [0, 0.1) is 0 Å². The first-order valence-corrected chi connectivity index (χ1v) is 20.2. The lowest BCUT2D eigenvalue weighted by molar-refractivity contribution is 0.660. The second-order valence-corrected chi connectivity index (χ2v) is 16.7. The summed E-state index contributed by atoms with van der Waals surface area (Å²) in [6, 6.07) is 68.7. The van der Waals surface area contributed by atoms with Crippen molar-refractivity contribution in [3.05, 3.63) is 193 Å². The fourth-order valence-corrected chi connectivity index (χ4v) is 11.1. The molecule has 264 valence electrons. The topological polar surface area (TPSA) is 0 Å². The minimum absolute atomic E-state index is 0.0626. The summed E-state index contributed by atoms with van der Waals surface area (Å²) >= 11 is 0. The van der Waals surface area contributed by atoms with Crippen LogP contribution in [0.3, 0.4) is 0 Å². The molecule has 0 saturated carbocycles. The van der Waals surface area contributed by atoms with E-state index >= 15 is 0 Å². The Morgan fingerprint density at radius 3 is 1.56 bits per heavy atom. The van der Waals surface area contributed by atoms with Gasteiger partial charge in [-0.25, -0.2) is 0 Å².